The molecule has 11 heteroatoms. The number of aromatic nitrogens is 3. The zero-order valence-corrected chi connectivity index (χ0v) is 17.8. The van der Waals surface area contributed by atoms with E-state index in [4.69, 9.17) is 4.74 Å². The van der Waals surface area contributed by atoms with Gasteiger partial charge in [0.1, 0.15) is 11.3 Å². The average Bonchev–Trinajstić information content (AvgIpc) is 3.15. The van der Waals surface area contributed by atoms with Gasteiger partial charge in [-0.15, -0.1) is 5.10 Å². The van der Waals surface area contributed by atoms with Gasteiger partial charge in [-0.25, -0.2) is 13.9 Å². The van der Waals surface area contributed by atoms with Crippen LogP contribution in [0.2, 0.25) is 0 Å². The first-order chi connectivity index (χ1) is 15.6. The molecule has 1 N–H and O–H groups in total. The van der Waals surface area contributed by atoms with E-state index >= 15 is 0 Å². The smallest absolute Gasteiger partial charge is 0.416 e. The molecule has 4 rings (SSSR count). The molecule has 1 aromatic heterocycles. The van der Waals surface area contributed by atoms with Crippen LogP contribution >= 0.6 is 0 Å². The number of hydrogen-bond donors (Lipinski definition) is 1. The molecule has 0 bridgehead atoms. The molecule has 1 saturated heterocycles. The number of amides is 1. The highest BCUT2D eigenvalue weighted by atomic mass is 19.4. The quantitative estimate of drug-likeness (QED) is 0.566. The molecule has 33 heavy (non-hydrogen) atoms. The van der Waals surface area contributed by atoms with Crippen molar-refractivity contribution < 1.29 is 32.2 Å². The summed E-state index contributed by atoms with van der Waals surface area (Å²) in [7, 11) is 1.59. The van der Waals surface area contributed by atoms with Crippen molar-refractivity contribution in [2.24, 2.45) is 7.05 Å². The van der Waals surface area contributed by atoms with Crippen LogP contribution < -0.4 is 0 Å². The summed E-state index contributed by atoms with van der Waals surface area (Å²) in [5.41, 5.74) is 0.228. The van der Waals surface area contributed by atoms with E-state index in [9.17, 15) is 27.5 Å². The molecular weight excluding hydrogens is 444 g/mol. The fraction of sp³-hybridized carbons (Fsp3) is 0.409. The Bertz CT molecular complexity index is 1150. The molecule has 3 aromatic rings. The number of alkyl halides is 3. The predicted octanol–water partition coefficient (Wildman–Crippen LogP) is 4.35. The van der Waals surface area contributed by atoms with Gasteiger partial charge in [-0.3, -0.25) is 0 Å². The number of likely N-dealkylation sites (tertiary alicyclic amines) is 1. The van der Waals surface area contributed by atoms with E-state index in [2.05, 4.69) is 10.3 Å². The van der Waals surface area contributed by atoms with Crippen molar-refractivity contribution in [2.75, 3.05) is 19.7 Å². The van der Waals surface area contributed by atoms with Crippen LogP contribution in [-0.4, -0.2) is 50.8 Å². The van der Waals surface area contributed by atoms with Crippen LogP contribution in [0.1, 0.15) is 29.5 Å². The number of ether oxygens (including phenoxy) is 1. The maximum absolute atomic E-state index is 13.5. The lowest BCUT2D eigenvalue weighted by Crippen LogP contribution is -2.47. The second-order valence-electron chi connectivity index (χ2n) is 8.26. The number of fused-ring (bicyclic) bond motifs is 1. The van der Waals surface area contributed by atoms with Gasteiger partial charge in [-0.2, -0.15) is 13.2 Å². The predicted molar refractivity (Wildman–Crippen MR) is 110 cm³/mol. The molecule has 0 radical (unpaired) electrons. The van der Waals surface area contributed by atoms with E-state index in [1.54, 1.807) is 19.2 Å². The molecule has 0 unspecified atom stereocenters. The number of benzene rings is 2. The summed E-state index contributed by atoms with van der Waals surface area (Å²) < 4.78 is 60.9. The Hall–Kier alpha value is -3.21. The zero-order valence-electron chi connectivity index (χ0n) is 17.8. The van der Waals surface area contributed by atoms with Gasteiger partial charge in [0, 0.05) is 31.1 Å². The molecule has 0 spiro atoms. The number of aryl methyl sites for hydroxylation is 1. The summed E-state index contributed by atoms with van der Waals surface area (Å²) in [5, 5.41) is 16.9. The summed E-state index contributed by atoms with van der Waals surface area (Å²) >= 11 is 0. The molecular formula is C22H22F4N4O3. The number of carboxylic acid groups (broad SMARTS) is 1. The zero-order chi connectivity index (χ0) is 23.8. The molecule has 1 fully saturated rings. The highest BCUT2D eigenvalue weighted by Crippen LogP contribution is 2.37. The molecule has 2 aromatic carbocycles. The fourth-order valence-electron chi connectivity index (χ4n) is 4.36. The molecule has 1 amide bonds. The standard InChI is InChI=1S/C22H22F4N4O3/c1-29-19-14(10-16(22(24,25)26)11-18(19)27-28-29)12-33-13-21(15-2-4-17(23)5-3-15)6-8-30(9-7-21)20(31)32/h2-5,10-11H,6-9,12-13H2,1H3,(H,31,32). The Balaban J connectivity index is 1.59. The Labute approximate surface area is 186 Å². The van der Waals surface area contributed by atoms with E-state index in [0.29, 0.717) is 23.9 Å². The molecule has 176 valence electrons. The Morgan fingerprint density at radius 3 is 2.45 bits per heavy atom. The van der Waals surface area contributed by atoms with Gasteiger partial charge in [0.2, 0.25) is 0 Å². The van der Waals surface area contributed by atoms with E-state index in [0.717, 1.165) is 17.7 Å². The van der Waals surface area contributed by atoms with E-state index in [-0.39, 0.29) is 31.8 Å². The minimum absolute atomic E-state index is 0.118. The summed E-state index contributed by atoms with van der Waals surface area (Å²) in [4.78, 5) is 12.6. The Morgan fingerprint density at radius 1 is 1.18 bits per heavy atom. The maximum atomic E-state index is 13.5. The number of halogens is 4. The van der Waals surface area contributed by atoms with E-state index < -0.39 is 29.1 Å². The third-order valence-corrected chi connectivity index (χ3v) is 6.19. The van der Waals surface area contributed by atoms with Crippen molar-refractivity contribution in [2.45, 2.75) is 31.0 Å². The van der Waals surface area contributed by atoms with Gasteiger partial charge in [-0.05, 0) is 42.7 Å². The highest BCUT2D eigenvalue weighted by Gasteiger charge is 2.38. The van der Waals surface area contributed by atoms with Crippen LogP contribution in [0.5, 0.6) is 0 Å². The topological polar surface area (TPSA) is 80.5 Å². The fourth-order valence-corrected chi connectivity index (χ4v) is 4.36. The van der Waals surface area contributed by atoms with E-state index in [1.807, 2.05) is 0 Å². The number of piperidine rings is 1. The van der Waals surface area contributed by atoms with Crippen molar-refractivity contribution in [3.05, 3.63) is 58.9 Å². The third-order valence-electron chi connectivity index (χ3n) is 6.19. The second-order valence-corrected chi connectivity index (χ2v) is 8.26. The van der Waals surface area contributed by atoms with E-state index in [1.165, 1.54) is 21.7 Å². The molecule has 2 heterocycles. The van der Waals surface area contributed by atoms with Crippen molar-refractivity contribution >= 4 is 17.1 Å². The maximum Gasteiger partial charge on any atom is 0.416 e. The largest absolute Gasteiger partial charge is 0.465 e. The number of nitrogens with zero attached hydrogens (tertiary/aromatic N) is 4. The average molecular weight is 466 g/mol. The van der Waals surface area contributed by atoms with Crippen LogP contribution in [0.3, 0.4) is 0 Å². The van der Waals surface area contributed by atoms with Gasteiger partial charge >= 0.3 is 12.3 Å². The normalized spacial score (nSPS) is 16.3. The van der Waals surface area contributed by atoms with Crippen molar-refractivity contribution in [3.8, 4) is 0 Å². The number of hydrogen-bond acceptors (Lipinski definition) is 4. The van der Waals surface area contributed by atoms with Crippen LogP contribution in [0, 0.1) is 5.82 Å². The van der Waals surface area contributed by atoms with Crippen molar-refractivity contribution in [1.29, 1.82) is 0 Å². The monoisotopic (exact) mass is 466 g/mol. The van der Waals surface area contributed by atoms with Gasteiger partial charge in [-0.1, -0.05) is 17.3 Å². The second kappa shape index (κ2) is 8.62. The molecule has 1 aliphatic heterocycles. The van der Waals surface area contributed by atoms with Crippen molar-refractivity contribution in [3.63, 3.8) is 0 Å². The summed E-state index contributed by atoms with van der Waals surface area (Å²) in [5.74, 6) is -0.396. The first-order valence-corrected chi connectivity index (χ1v) is 10.3. The summed E-state index contributed by atoms with van der Waals surface area (Å²) in [6.45, 7) is 0.563. The molecule has 0 atom stereocenters. The van der Waals surface area contributed by atoms with Gasteiger partial charge in [0.25, 0.3) is 0 Å². The first-order valence-electron chi connectivity index (χ1n) is 10.3. The first kappa shape index (κ1) is 23.0. The highest BCUT2D eigenvalue weighted by molar-refractivity contribution is 5.79. The molecule has 1 aliphatic rings. The molecule has 0 aliphatic carbocycles. The Kier molecular flexibility index (Phi) is 6.00. The lowest BCUT2D eigenvalue weighted by molar-refractivity contribution is -0.137. The molecule has 0 saturated carbocycles. The number of rotatable bonds is 5. The molecule has 7 nitrogen and oxygen atoms in total. The van der Waals surface area contributed by atoms with Crippen LogP contribution in [0.4, 0.5) is 22.4 Å². The Morgan fingerprint density at radius 2 is 1.85 bits per heavy atom. The van der Waals surface area contributed by atoms with Gasteiger partial charge < -0.3 is 14.7 Å². The van der Waals surface area contributed by atoms with Crippen LogP contribution in [0.25, 0.3) is 11.0 Å². The number of carbonyl (C=O) groups is 1. The van der Waals surface area contributed by atoms with Crippen molar-refractivity contribution in [1.82, 2.24) is 19.9 Å². The third kappa shape index (κ3) is 4.63. The summed E-state index contributed by atoms with van der Waals surface area (Å²) in [6, 6.07) is 7.93. The summed E-state index contributed by atoms with van der Waals surface area (Å²) in [6.07, 6.45) is -4.68. The van der Waals surface area contributed by atoms with Gasteiger partial charge in [0.15, 0.2) is 0 Å². The minimum Gasteiger partial charge on any atom is -0.465 e. The lowest BCUT2D eigenvalue weighted by atomic mass is 9.73. The van der Waals surface area contributed by atoms with Crippen LogP contribution in [-0.2, 0) is 30.0 Å². The lowest BCUT2D eigenvalue weighted by Gasteiger charge is -2.41. The van der Waals surface area contributed by atoms with Crippen LogP contribution in [0.15, 0.2) is 36.4 Å². The SMILES string of the molecule is Cn1nnc2cc(C(F)(F)F)cc(COCC3(c4ccc(F)cc4)CCN(C(=O)O)CC3)c21. The van der Waals surface area contributed by atoms with Gasteiger partial charge in [0.05, 0.1) is 24.3 Å². The minimum atomic E-state index is -4.54.